The summed E-state index contributed by atoms with van der Waals surface area (Å²) in [6, 6.07) is 11.3. The molecular weight excluding hydrogens is 418 g/mol. The average molecular weight is 442 g/mol. The normalized spacial score (nSPS) is 22.6. The van der Waals surface area contributed by atoms with E-state index in [4.69, 9.17) is 11.6 Å². The van der Waals surface area contributed by atoms with Crippen LogP contribution in [0.1, 0.15) is 36.8 Å². The number of nitrogens with one attached hydrogen (secondary N) is 1. The average Bonchev–Trinajstić information content (AvgIpc) is 2.76. The first kappa shape index (κ1) is 20.9. The molecule has 2 aromatic rings. The summed E-state index contributed by atoms with van der Waals surface area (Å²) in [6.07, 6.45) is 9.58. The molecule has 0 bridgehead atoms. The van der Waals surface area contributed by atoms with Gasteiger partial charge in [0.1, 0.15) is 6.54 Å². The Kier molecular flexibility index (Phi) is 6.75. The largest absolute Gasteiger partial charge is 0.350 e. The van der Waals surface area contributed by atoms with Crippen LogP contribution in [0.3, 0.4) is 0 Å². The maximum atomic E-state index is 13.3. The number of nitrogens with zero attached hydrogens (tertiary/aromatic N) is 2. The summed E-state index contributed by atoms with van der Waals surface area (Å²) in [5.74, 6) is -0.217. The molecule has 1 aromatic heterocycles. The molecule has 1 aliphatic heterocycles. The van der Waals surface area contributed by atoms with Gasteiger partial charge in [0.2, 0.25) is 5.91 Å². The third-order valence-corrected chi connectivity index (χ3v) is 7.12. The van der Waals surface area contributed by atoms with E-state index in [0.29, 0.717) is 21.7 Å². The van der Waals surface area contributed by atoms with Crippen molar-refractivity contribution in [2.45, 2.75) is 43.5 Å². The van der Waals surface area contributed by atoms with Crippen LogP contribution < -0.4 is 5.32 Å². The number of hydrogen-bond acceptors (Lipinski definition) is 4. The van der Waals surface area contributed by atoms with Crippen molar-refractivity contribution in [2.24, 2.45) is 0 Å². The van der Waals surface area contributed by atoms with E-state index in [2.05, 4.69) is 10.3 Å². The number of rotatable bonds is 5. The van der Waals surface area contributed by atoms with E-state index < -0.39 is 0 Å². The second-order valence-corrected chi connectivity index (χ2v) is 9.36. The molecule has 1 saturated carbocycles. The molecule has 1 aromatic carbocycles. The smallest absolute Gasteiger partial charge is 0.261 e. The number of amides is 2. The summed E-state index contributed by atoms with van der Waals surface area (Å²) in [5.41, 5.74) is 1.83. The maximum Gasteiger partial charge on any atom is 0.261 e. The molecule has 1 aliphatic carbocycles. The molecule has 1 saturated heterocycles. The van der Waals surface area contributed by atoms with Crippen molar-refractivity contribution >= 4 is 41.3 Å². The Morgan fingerprint density at radius 2 is 2.13 bits per heavy atom. The maximum absolute atomic E-state index is 13.3. The predicted molar refractivity (Wildman–Crippen MR) is 121 cm³/mol. The molecule has 7 heteroatoms. The van der Waals surface area contributed by atoms with Crippen LogP contribution in [0.5, 0.6) is 0 Å². The number of carbonyl (C=O) groups excluding carboxylic acids is 2. The molecule has 2 aliphatic rings. The number of pyridine rings is 1. The van der Waals surface area contributed by atoms with Gasteiger partial charge in [0.15, 0.2) is 0 Å². The minimum Gasteiger partial charge on any atom is -0.350 e. The van der Waals surface area contributed by atoms with E-state index in [0.717, 1.165) is 36.8 Å². The first-order chi connectivity index (χ1) is 14.6. The highest BCUT2D eigenvalue weighted by Gasteiger charge is 2.41. The molecule has 2 atom stereocenters. The Balaban J connectivity index is 1.50. The van der Waals surface area contributed by atoms with Gasteiger partial charge >= 0.3 is 0 Å². The first-order valence-electron chi connectivity index (χ1n) is 10.2. The zero-order chi connectivity index (χ0) is 20.9. The second kappa shape index (κ2) is 9.67. The number of aromatic nitrogens is 1. The Hall–Kier alpha value is -2.31. The number of thioether (sulfide) groups is 1. The van der Waals surface area contributed by atoms with Crippen molar-refractivity contribution in [3.05, 3.63) is 69.8 Å². The van der Waals surface area contributed by atoms with E-state index in [1.165, 1.54) is 0 Å². The highest BCUT2D eigenvalue weighted by atomic mass is 35.5. The van der Waals surface area contributed by atoms with Gasteiger partial charge in [-0.25, -0.2) is 0 Å². The van der Waals surface area contributed by atoms with Crippen molar-refractivity contribution in [3.8, 4) is 0 Å². The summed E-state index contributed by atoms with van der Waals surface area (Å²) >= 11 is 7.76. The fraction of sp³-hybridized carbons (Fsp3) is 0.348. The molecule has 2 heterocycles. The van der Waals surface area contributed by atoms with Gasteiger partial charge in [-0.15, -0.1) is 11.8 Å². The Morgan fingerprint density at radius 3 is 2.93 bits per heavy atom. The summed E-state index contributed by atoms with van der Waals surface area (Å²) in [6.45, 7) is 0.483. The van der Waals surface area contributed by atoms with E-state index in [9.17, 15) is 9.59 Å². The van der Waals surface area contributed by atoms with Crippen molar-refractivity contribution in [1.82, 2.24) is 15.2 Å². The van der Waals surface area contributed by atoms with Gasteiger partial charge in [0.25, 0.3) is 5.91 Å². The Labute approximate surface area is 185 Å². The van der Waals surface area contributed by atoms with Crippen LogP contribution >= 0.6 is 23.4 Å². The number of fused-ring (bicyclic) bond motifs is 1. The van der Waals surface area contributed by atoms with Gasteiger partial charge in [0, 0.05) is 35.3 Å². The van der Waals surface area contributed by atoms with Crippen molar-refractivity contribution in [2.75, 3.05) is 6.54 Å². The lowest BCUT2D eigenvalue weighted by Crippen LogP contribution is -2.54. The fourth-order valence-electron chi connectivity index (χ4n) is 4.02. The standard InChI is InChI=1S/C23H24ClN3O2S/c24-18-7-3-5-16(11-18)12-21-23(29)27(19-8-1-2-9-20(19)30-21)15-22(28)26-14-17-6-4-10-25-13-17/h3-7,10-13,19-20H,1-2,8-9,14-15H2,(H,26,28)/b21-12+. The molecule has 2 amide bonds. The first-order valence-corrected chi connectivity index (χ1v) is 11.5. The van der Waals surface area contributed by atoms with Gasteiger partial charge in [-0.05, 0) is 48.2 Å². The molecule has 1 N–H and O–H groups in total. The van der Waals surface area contributed by atoms with E-state index in [1.807, 2.05) is 42.5 Å². The molecular formula is C23H24ClN3O2S. The lowest BCUT2D eigenvalue weighted by Gasteiger charge is -2.43. The molecule has 2 fully saturated rings. The van der Waals surface area contributed by atoms with Crippen LogP contribution in [-0.4, -0.2) is 39.5 Å². The number of carbonyl (C=O) groups is 2. The van der Waals surface area contributed by atoms with Crippen molar-refractivity contribution in [3.63, 3.8) is 0 Å². The second-order valence-electron chi connectivity index (χ2n) is 7.64. The van der Waals surface area contributed by atoms with Crippen molar-refractivity contribution < 1.29 is 9.59 Å². The molecule has 4 rings (SSSR count). The zero-order valence-corrected chi connectivity index (χ0v) is 18.2. The van der Waals surface area contributed by atoms with Gasteiger partial charge in [-0.2, -0.15) is 0 Å². The van der Waals surface area contributed by atoms with Gasteiger partial charge in [-0.3, -0.25) is 14.6 Å². The van der Waals surface area contributed by atoms with Crippen LogP contribution in [0.2, 0.25) is 5.02 Å². The summed E-state index contributed by atoms with van der Waals surface area (Å²) in [7, 11) is 0. The lowest BCUT2D eigenvalue weighted by molar-refractivity contribution is -0.135. The monoisotopic (exact) mass is 441 g/mol. The lowest BCUT2D eigenvalue weighted by atomic mass is 9.93. The van der Waals surface area contributed by atoms with Crippen LogP contribution in [-0.2, 0) is 16.1 Å². The SMILES string of the molecule is O=C(CN1C(=O)/C(=C\c2cccc(Cl)c2)SC2CCCCC21)NCc1cccnc1. The predicted octanol–water partition coefficient (Wildman–Crippen LogP) is 4.28. The molecule has 0 spiro atoms. The summed E-state index contributed by atoms with van der Waals surface area (Å²) in [4.78, 5) is 32.5. The van der Waals surface area contributed by atoms with Gasteiger partial charge in [-0.1, -0.05) is 42.6 Å². The topological polar surface area (TPSA) is 62.3 Å². The third-order valence-electron chi connectivity index (χ3n) is 5.49. The highest BCUT2D eigenvalue weighted by molar-refractivity contribution is 8.04. The summed E-state index contributed by atoms with van der Waals surface area (Å²) in [5, 5.41) is 3.88. The van der Waals surface area contributed by atoms with E-state index in [1.54, 1.807) is 29.1 Å². The minimum absolute atomic E-state index is 0.0698. The van der Waals surface area contributed by atoms with Gasteiger partial charge in [0.05, 0.1) is 4.91 Å². The van der Waals surface area contributed by atoms with Crippen LogP contribution in [0, 0.1) is 0 Å². The van der Waals surface area contributed by atoms with E-state index >= 15 is 0 Å². The molecule has 30 heavy (non-hydrogen) atoms. The number of benzene rings is 1. The summed E-state index contributed by atoms with van der Waals surface area (Å²) < 4.78 is 0. The Bertz CT molecular complexity index is 950. The zero-order valence-electron chi connectivity index (χ0n) is 16.6. The molecule has 0 radical (unpaired) electrons. The van der Waals surface area contributed by atoms with Crippen LogP contribution in [0.25, 0.3) is 6.08 Å². The fourth-order valence-corrected chi connectivity index (χ4v) is 5.70. The quantitative estimate of drug-likeness (QED) is 0.703. The van der Waals surface area contributed by atoms with Crippen LogP contribution in [0.15, 0.2) is 53.7 Å². The Morgan fingerprint density at radius 1 is 1.27 bits per heavy atom. The third kappa shape index (κ3) is 5.05. The van der Waals surface area contributed by atoms with Crippen LogP contribution in [0.4, 0.5) is 0 Å². The number of hydrogen-bond donors (Lipinski definition) is 1. The molecule has 2 unspecified atom stereocenters. The van der Waals surface area contributed by atoms with Crippen molar-refractivity contribution in [1.29, 1.82) is 0 Å². The van der Waals surface area contributed by atoms with Gasteiger partial charge < -0.3 is 10.2 Å². The van der Waals surface area contributed by atoms with E-state index in [-0.39, 0.29) is 24.4 Å². The minimum atomic E-state index is -0.148. The highest BCUT2D eigenvalue weighted by Crippen LogP contribution is 2.42. The molecule has 5 nitrogen and oxygen atoms in total. The number of halogens is 1. The molecule has 156 valence electrons.